The van der Waals surface area contributed by atoms with Crippen LogP contribution in [0.3, 0.4) is 0 Å². The van der Waals surface area contributed by atoms with Gasteiger partial charge in [0.05, 0.1) is 11.1 Å². The van der Waals surface area contributed by atoms with Gasteiger partial charge >= 0.3 is 5.97 Å². The van der Waals surface area contributed by atoms with Crippen LogP contribution in [0.1, 0.15) is 62.5 Å². The summed E-state index contributed by atoms with van der Waals surface area (Å²) in [6.07, 6.45) is 0.0707. The number of thiazole rings is 1. The van der Waals surface area contributed by atoms with Gasteiger partial charge in [-0.15, -0.1) is 11.3 Å². The van der Waals surface area contributed by atoms with Gasteiger partial charge in [0.1, 0.15) is 11.2 Å². The Morgan fingerprint density at radius 3 is 2.61 bits per heavy atom. The van der Waals surface area contributed by atoms with Gasteiger partial charge in [0, 0.05) is 29.7 Å². The maximum atomic E-state index is 12.5. The number of hydrogen-bond acceptors (Lipinski definition) is 5. The van der Waals surface area contributed by atoms with E-state index >= 15 is 0 Å². The van der Waals surface area contributed by atoms with Crippen LogP contribution in [0.4, 0.5) is 0 Å². The molecule has 1 aromatic heterocycles. The number of carbonyl (C=O) groups is 2. The summed E-state index contributed by atoms with van der Waals surface area (Å²) in [7, 11) is 0. The van der Waals surface area contributed by atoms with Crippen molar-refractivity contribution in [3.05, 3.63) is 16.1 Å². The molecule has 1 fully saturated rings. The van der Waals surface area contributed by atoms with E-state index in [2.05, 4.69) is 10.3 Å². The molecule has 0 bridgehead atoms. The highest BCUT2D eigenvalue weighted by atomic mass is 32.1. The number of nitrogens with zero attached hydrogens (tertiary/aromatic N) is 1. The first kappa shape index (κ1) is 17.9. The number of aliphatic carboxylic acids is 1. The van der Waals surface area contributed by atoms with Gasteiger partial charge in [-0.05, 0) is 6.92 Å². The van der Waals surface area contributed by atoms with E-state index in [1.807, 2.05) is 34.6 Å². The van der Waals surface area contributed by atoms with Crippen molar-refractivity contribution in [1.82, 2.24) is 10.3 Å². The lowest BCUT2D eigenvalue weighted by atomic mass is 9.54. The monoisotopic (exact) mass is 340 g/mol. The number of carboxylic acids is 1. The van der Waals surface area contributed by atoms with Gasteiger partial charge in [0.25, 0.3) is 5.91 Å². The zero-order chi connectivity index (χ0) is 17.4. The predicted molar refractivity (Wildman–Crippen MR) is 87.8 cm³/mol. The van der Waals surface area contributed by atoms with Crippen LogP contribution in [0.5, 0.6) is 0 Å². The lowest BCUT2D eigenvalue weighted by Gasteiger charge is -2.58. The fraction of sp³-hybridized carbons (Fsp3) is 0.688. The van der Waals surface area contributed by atoms with Gasteiger partial charge in [-0.2, -0.15) is 0 Å². The Kier molecular flexibility index (Phi) is 4.82. The summed E-state index contributed by atoms with van der Waals surface area (Å²) in [6, 6.07) is 0. The van der Waals surface area contributed by atoms with Gasteiger partial charge in [0.15, 0.2) is 0 Å². The first-order valence-electron chi connectivity index (χ1n) is 7.78. The Morgan fingerprint density at radius 2 is 2.17 bits per heavy atom. The van der Waals surface area contributed by atoms with E-state index in [9.17, 15) is 14.7 Å². The highest BCUT2D eigenvalue weighted by Crippen LogP contribution is 2.51. The topological polar surface area (TPSA) is 88.5 Å². The zero-order valence-electron chi connectivity index (χ0n) is 14.2. The quantitative estimate of drug-likeness (QED) is 0.831. The molecule has 1 heterocycles. The van der Waals surface area contributed by atoms with Crippen molar-refractivity contribution in [2.24, 2.45) is 5.41 Å². The molecule has 1 amide bonds. The molecule has 0 unspecified atom stereocenters. The summed E-state index contributed by atoms with van der Waals surface area (Å²) in [4.78, 5) is 28.6. The number of rotatable bonds is 6. The molecule has 1 aliphatic rings. The summed E-state index contributed by atoms with van der Waals surface area (Å²) >= 11 is 1.41. The SMILES string of the molecule is CCO[C@H]1C[C@](NC(=O)c2csc(C(C)C)n2)(C(=O)O)C1(C)C. The normalized spacial score (nSPS) is 25.9. The number of carbonyl (C=O) groups excluding carboxylic acids is 1. The molecule has 23 heavy (non-hydrogen) atoms. The minimum Gasteiger partial charge on any atom is -0.479 e. The first-order valence-corrected chi connectivity index (χ1v) is 8.66. The van der Waals surface area contributed by atoms with E-state index in [0.717, 1.165) is 5.01 Å². The van der Waals surface area contributed by atoms with E-state index in [-0.39, 0.29) is 24.1 Å². The molecule has 0 aromatic carbocycles. The molecule has 128 valence electrons. The summed E-state index contributed by atoms with van der Waals surface area (Å²) in [6.45, 7) is 10.0. The van der Waals surface area contributed by atoms with Crippen molar-refractivity contribution in [2.45, 2.75) is 58.6 Å². The summed E-state index contributed by atoms with van der Waals surface area (Å²) in [5.74, 6) is -1.25. The van der Waals surface area contributed by atoms with Crippen molar-refractivity contribution in [2.75, 3.05) is 6.61 Å². The third-order valence-electron chi connectivity index (χ3n) is 4.70. The molecule has 0 saturated heterocycles. The predicted octanol–water partition coefficient (Wildman–Crippen LogP) is 2.65. The van der Waals surface area contributed by atoms with Gasteiger partial charge < -0.3 is 15.2 Å². The van der Waals surface area contributed by atoms with Crippen LogP contribution in [-0.4, -0.2) is 40.2 Å². The van der Waals surface area contributed by atoms with E-state index in [4.69, 9.17) is 4.74 Å². The van der Waals surface area contributed by atoms with Gasteiger partial charge in [-0.3, -0.25) is 4.79 Å². The van der Waals surface area contributed by atoms with E-state index in [0.29, 0.717) is 6.61 Å². The minimum absolute atomic E-state index is 0.189. The lowest BCUT2D eigenvalue weighted by Crippen LogP contribution is -2.76. The average molecular weight is 340 g/mol. The second-order valence-corrected chi connectivity index (χ2v) is 7.65. The summed E-state index contributed by atoms with van der Waals surface area (Å²) in [5, 5.41) is 14.9. The molecular weight excluding hydrogens is 316 g/mol. The Balaban J connectivity index is 2.20. The number of hydrogen-bond donors (Lipinski definition) is 2. The fourth-order valence-electron chi connectivity index (χ4n) is 2.95. The van der Waals surface area contributed by atoms with Crippen molar-refractivity contribution in [3.63, 3.8) is 0 Å². The van der Waals surface area contributed by atoms with Crippen molar-refractivity contribution < 1.29 is 19.4 Å². The molecule has 2 rings (SSSR count). The summed E-state index contributed by atoms with van der Waals surface area (Å²) in [5.41, 5.74) is -1.75. The molecule has 0 aliphatic heterocycles. The number of nitrogens with one attached hydrogen (secondary N) is 1. The van der Waals surface area contributed by atoms with E-state index in [1.165, 1.54) is 11.3 Å². The van der Waals surface area contributed by atoms with E-state index < -0.39 is 22.8 Å². The molecule has 6 nitrogen and oxygen atoms in total. The zero-order valence-corrected chi connectivity index (χ0v) is 15.0. The number of ether oxygens (including phenoxy) is 1. The molecule has 2 N–H and O–H groups in total. The Labute approximate surface area is 140 Å². The maximum Gasteiger partial charge on any atom is 0.330 e. The molecule has 2 atom stereocenters. The van der Waals surface area contributed by atoms with Gasteiger partial charge in [0.2, 0.25) is 0 Å². The van der Waals surface area contributed by atoms with Crippen LogP contribution >= 0.6 is 11.3 Å². The van der Waals surface area contributed by atoms with E-state index in [1.54, 1.807) is 5.38 Å². The highest BCUT2D eigenvalue weighted by molar-refractivity contribution is 7.09. The van der Waals surface area contributed by atoms with Crippen molar-refractivity contribution >= 4 is 23.2 Å². The summed E-state index contributed by atoms with van der Waals surface area (Å²) < 4.78 is 5.59. The third-order valence-corrected chi connectivity index (χ3v) is 5.85. The molecule has 1 saturated carbocycles. The number of carboxylic acid groups (broad SMARTS) is 1. The van der Waals surface area contributed by atoms with Crippen LogP contribution in [-0.2, 0) is 9.53 Å². The first-order chi connectivity index (χ1) is 10.7. The number of amides is 1. The Morgan fingerprint density at radius 1 is 1.52 bits per heavy atom. The van der Waals surface area contributed by atoms with Crippen LogP contribution in [0.2, 0.25) is 0 Å². The third kappa shape index (κ3) is 2.87. The largest absolute Gasteiger partial charge is 0.479 e. The Hall–Kier alpha value is -1.47. The van der Waals surface area contributed by atoms with Gasteiger partial charge in [-0.1, -0.05) is 27.7 Å². The van der Waals surface area contributed by atoms with Crippen LogP contribution < -0.4 is 5.32 Å². The van der Waals surface area contributed by atoms with Crippen LogP contribution in [0, 0.1) is 5.41 Å². The second kappa shape index (κ2) is 6.20. The number of aromatic nitrogens is 1. The fourth-order valence-corrected chi connectivity index (χ4v) is 3.77. The smallest absolute Gasteiger partial charge is 0.330 e. The molecule has 0 radical (unpaired) electrons. The molecular formula is C16H24N2O4S. The molecule has 1 aliphatic carbocycles. The molecule has 0 spiro atoms. The van der Waals surface area contributed by atoms with Crippen molar-refractivity contribution in [3.8, 4) is 0 Å². The van der Waals surface area contributed by atoms with Gasteiger partial charge in [-0.25, -0.2) is 9.78 Å². The van der Waals surface area contributed by atoms with Crippen LogP contribution in [0.15, 0.2) is 5.38 Å². The highest BCUT2D eigenvalue weighted by Gasteiger charge is 2.66. The minimum atomic E-state index is -1.33. The average Bonchev–Trinajstić information content (AvgIpc) is 2.95. The Bertz CT molecular complexity index is 611. The second-order valence-electron chi connectivity index (χ2n) is 6.76. The maximum absolute atomic E-state index is 12.5. The van der Waals surface area contributed by atoms with Crippen LogP contribution in [0.25, 0.3) is 0 Å². The lowest BCUT2D eigenvalue weighted by molar-refractivity contribution is -0.190. The molecule has 1 aromatic rings. The van der Waals surface area contributed by atoms with Crippen molar-refractivity contribution in [1.29, 1.82) is 0 Å². The molecule has 7 heteroatoms. The standard InChI is InChI=1S/C16H24N2O4S/c1-6-22-11-7-16(14(20)21,15(11,4)5)18-12(19)10-8-23-13(17-10)9(2)3/h8-9,11H,6-7H2,1-5H3,(H,18,19)(H,20,21)/t11-,16-/m0/s1.